The minimum Gasteiger partial charge on any atom is -0.444 e. The van der Waals surface area contributed by atoms with Crippen molar-refractivity contribution in [3.63, 3.8) is 0 Å². The number of likely N-dealkylation sites (tertiary alicyclic amines) is 1. The average molecular weight is 337 g/mol. The second kappa shape index (κ2) is 7.13. The highest BCUT2D eigenvalue weighted by Crippen LogP contribution is 2.31. The van der Waals surface area contributed by atoms with Gasteiger partial charge in [0.1, 0.15) is 5.60 Å². The highest BCUT2D eigenvalue weighted by Gasteiger charge is 2.41. The Hall–Kier alpha value is -1.56. The molecule has 0 bridgehead atoms. The van der Waals surface area contributed by atoms with Crippen LogP contribution in [0.2, 0.25) is 0 Å². The molecule has 1 amide bonds. The van der Waals surface area contributed by atoms with Crippen molar-refractivity contribution in [2.24, 2.45) is 7.05 Å². The summed E-state index contributed by atoms with van der Waals surface area (Å²) in [6.45, 7) is 11.6. The lowest BCUT2D eigenvalue weighted by atomic mass is 10.00. The number of ether oxygens (including phenoxy) is 2. The first-order chi connectivity index (χ1) is 11.2. The molecule has 1 aromatic rings. The van der Waals surface area contributed by atoms with Gasteiger partial charge in [-0.25, -0.2) is 4.79 Å². The number of aromatic nitrogens is 2. The van der Waals surface area contributed by atoms with Crippen molar-refractivity contribution in [1.29, 1.82) is 0 Å². The van der Waals surface area contributed by atoms with Crippen LogP contribution in [-0.2, 0) is 29.5 Å². The van der Waals surface area contributed by atoms with Crippen molar-refractivity contribution in [3.05, 3.63) is 17.5 Å². The van der Waals surface area contributed by atoms with E-state index in [0.717, 1.165) is 30.7 Å². The first-order valence-electron chi connectivity index (χ1n) is 8.81. The quantitative estimate of drug-likeness (QED) is 0.827. The van der Waals surface area contributed by atoms with Gasteiger partial charge in [-0.2, -0.15) is 5.10 Å². The Balaban J connectivity index is 1.97. The van der Waals surface area contributed by atoms with Crippen LogP contribution in [0.4, 0.5) is 4.79 Å². The molecule has 136 valence electrons. The van der Waals surface area contributed by atoms with Crippen LogP contribution >= 0.6 is 0 Å². The molecule has 24 heavy (non-hydrogen) atoms. The zero-order valence-corrected chi connectivity index (χ0v) is 15.9. The summed E-state index contributed by atoms with van der Waals surface area (Å²) in [5.74, 6) is 0. The van der Waals surface area contributed by atoms with E-state index in [2.05, 4.69) is 25.0 Å². The fourth-order valence-electron chi connectivity index (χ4n) is 2.94. The molecule has 1 fully saturated rings. The molecule has 2 heterocycles. The van der Waals surface area contributed by atoms with Crippen molar-refractivity contribution in [3.8, 4) is 0 Å². The summed E-state index contributed by atoms with van der Waals surface area (Å²) in [7, 11) is 1.94. The van der Waals surface area contributed by atoms with E-state index in [1.165, 1.54) is 0 Å². The third kappa shape index (κ3) is 4.50. The lowest BCUT2D eigenvalue weighted by Crippen LogP contribution is -2.40. The molecule has 6 nitrogen and oxygen atoms in total. The number of aryl methyl sites for hydroxylation is 2. The van der Waals surface area contributed by atoms with Crippen molar-refractivity contribution >= 4 is 6.09 Å². The monoisotopic (exact) mass is 337 g/mol. The Kier molecular flexibility index (Phi) is 5.58. The number of carbonyl (C=O) groups is 1. The molecule has 1 aliphatic rings. The minimum atomic E-state index is -0.472. The smallest absolute Gasteiger partial charge is 0.410 e. The van der Waals surface area contributed by atoms with Gasteiger partial charge in [0.2, 0.25) is 0 Å². The summed E-state index contributed by atoms with van der Waals surface area (Å²) in [5, 5.41) is 4.46. The summed E-state index contributed by atoms with van der Waals surface area (Å²) in [6, 6.07) is 2.09. The summed E-state index contributed by atoms with van der Waals surface area (Å²) in [6.07, 6.45) is 2.36. The van der Waals surface area contributed by atoms with E-state index in [-0.39, 0.29) is 11.7 Å². The van der Waals surface area contributed by atoms with Gasteiger partial charge in [-0.3, -0.25) is 4.68 Å². The van der Waals surface area contributed by atoms with Crippen molar-refractivity contribution < 1.29 is 14.3 Å². The van der Waals surface area contributed by atoms with Crippen LogP contribution < -0.4 is 0 Å². The van der Waals surface area contributed by atoms with Crippen LogP contribution in [0, 0.1) is 0 Å². The normalized spacial score (nSPS) is 21.3. The molecule has 0 aliphatic carbocycles. The maximum Gasteiger partial charge on any atom is 0.410 e. The van der Waals surface area contributed by atoms with Crippen LogP contribution in [0.25, 0.3) is 0 Å². The Morgan fingerprint density at radius 3 is 2.62 bits per heavy atom. The molecule has 0 saturated carbocycles. The zero-order valence-electron chi connectivity index (χ0n) is 15.9. The third-order valence-electron chi connectivity index (χ3n) is 4.53. The number of nitrogens with zero attached hydrogens (tertiary/aromatic N) is 3. The van der Waals surface area contributed by atoms with Crippen molar-refractivity contribution in [2.45, 2.75) is 71.7 Å². The number of carbonyl (C=O) groups excluding carboxylic acids is 1. The lowest BCUT2D eigenvalue weighted by Gasteiger charge is -2.29. The second-order valence-electron chi connectivity index (χ2n) is 7.58. The van der Waals surface area contributed by atoms with E-state index in [1.807, 2.05) is 32.5 Å². The fraction of sp³-hybridized carbons (Fsp3) is 0.778. The van der Waals surface area contributed by atoms with E-state index < -0.39 is 5.60 Å². The van der Waals surface area contributed by atoms with Gasteiger partial charge in [-0.05, 0) is 46.1 Å². The van der Waals surface area contributed by atoms with Gasteiger partial charge in [0.15, 0.2) is 0 Å². The SMILES string of the molecule is CCc1cc(COC2(CC)CCN(C(=O)OC(C)(C)C)C2)n(C)n1. The predicted octanol–water partition coefficient (Wildman–Crippen LogP) is 3.29. The van der Waals surface area contributed by atoms with Crippen LogP contribution in [0.3, 0.4) is 0 Å². The van der Waals surface area contributed by atoms with Crippen LogP contribution in [0.15, 0.2) is 6.07 Å². The average Bonchev–Trinajstić information content (AvgIpc) is 3.08. The van der Waals surface area contributed by atoms with Gasteiger partial charge in [-0.1, -0.05) is 13.8 Å². The van der Waals surface area contributed by atoms with E-state index in [4.69, 9.17) is 9.47 Å². The van der Waals surface area contributed by atoms with E-state index in [9.17, 15) is 4.79 Å². The molecule has 1 atom stereocenters. The van der Waals surface area contributed by atoms with Gasteiger partial charge < -0.3 is 14.4 Å². The first kappa shape index (κ1) is 18.8. The minimum absolute atomic E-state index is 0.254. The molecule has 1 saturated heterocycles. The largest absolute Gasteiger partial charge is 0.444 e. The Bertz CT molecular complexity index is 577. The Labute approximate surface area is 145 Å². The fourth-order valence-corrected chi connectivity index (χ4v) is 2.94. The molecule has 1 aromatic heterocycles. The van der Waals surface area contributed by atoms with Gasteiger partial charge in [0.25, 0.3) is 0 Å². The van der Waals surface area contributed by atoms with E-state index >= 15 is 0 Å². The molecular formula is C18H31N3O3. The number of hydrogen-bond donors (Lipinski definition) is 0. The standard InChI is InChI=1S/C18H31N3O3/c1-7-14-11-15(20(6)19-14)12-23-18(8-2)9-10-21(13-18)16(22)24-17(3,4)5/h11H,7-10,12-13H2,1-6H3. The summed E-state index contributed by atoms with van der Waals surface area (Å²) in [4.78, 5) is 14.0. The summed E-state index contributed by atoms with van der Waals surface area (Å²) in [5.41, 5.74) is 1.37. The van der Waals surface area contributed by atoms with Gasteiger partial charge >= 0.3 is 6.09 Å². The maximum atomic E-state index is 12.3. The summed E-state index contributed by atoms with van der Waals surface area (Å²) < 4.78 is 13.6. The second-order valence-corrected chi connectivity index (χ2v) is 7.58. The molecular weight excluding hydrogens is 306 g/mol. The lowest BCUT2D eigenvalue weighted by molar-refractivity contribution is -0.0548. The van der Waals surface area contributed by atoms with Gasteiger partial charge in [-0.15, -0.1) is 0 Å². The molecule has 2 rings (SSSR count). The molecule has 0 spiro atoms. The molecule has 0 radical (unpaired) electrons. The Morgan fingerprint density at radius 2 is 2.08 bits per heavy atom. The highest BCUT2D eigenvalue weighted by molar-refractivity contribution is 5.68. The van der Waals surface area contributed by atoms with E-state index in [1.54, 1.807) is 4.90 Å². The first-order valence-corrected chi connectivity index (χ1v) is 8.81. The number of amides is 1. The van der Waals surface area contributed by atoms with E-state index in [0.29, 0.717) is 19.7 Å². The molecule has 0 N–H and O–H groups in total. The van der Waals surface area contributed by atoms with Crippen LogP contribution in [0.1, 0.15) is 58.8 Å². The highest BCUT2D eigenvalue weighted by atomic mass is 16.6. The predicted molar refractivity (Wildman–Crippen MR) is 92.8 cm³/mol. The number of hydrogen-bond acceptors (Lipinski definition) is 4. The van der Waals surface area contributed by atoms with Crippen LogP contribution in [-0.4, -0.2) is 45.1 Å². The molecule has 6 heteroatoms. The van der Waals surface area contributed by atoms with Gasteiger partial charge in [0, 0.05) is 13.6 Å². The zero-order chi connectivity index (χ0) is 18.0. The topological polar surface area (TPSA) is 56.6 Å². The van der Waals surface area contributed by atoms with Crippen molar-refractivity contribution in [2.75, 3.05) is 13.1 Å². The summed E-state index contributed by atoms with van der Waals surface area (Å²) >= 11 is 0. The molecule has 1 unspecified atom stereocenters. The number of rotatable bonds is 5. The molecule has 0 aromatic carbocycles. The van der Waals surface area contributed by atoms with Gasteiger partial charge in [0.05, 0.1) is 30.1 Å². The maximum absolute atomic E-state index is 12.3. The molecule has 1 aliphatic heterocycles. The van der Waals surface area contributed by atoms with Crippen molar-refractivity contribution in [1.82, 2.24) is 14.7 Å². The van der Waals surface area contributed by atoms with Crippen LogP contribution in [0.5, 0.6) is 0 Å². The third-order valence-corrected chi connectivity index (χ3v) is 4.53. The Morgan fingerprint density at radius 1 is 1.38 bits per heavy atom.